The Hall–Kier alpha value is -5.54. The molecule has 14 nitrogen and oxygen atoms in total. The first-order valence-electron chi connectivity index (χ1n) is 16.5. The van der Waals surface area contributed by atoms with Gasteiger partial charge in [0.15, 0.2) is 0 Å². The molecule has 2 aromatic carbocycles. The van der Waals surface area contributed by atoms with Gasteiger partial charge < -0.3 is 20.4 Å². The van der Waals surface area contributed by atoms with Crippen molar-refractivity contribution in [3.63, 3.8) is 0 Å². The standard InChI is InChI=1S/C34H36FN9O3.C2H4O2/c1-34(2,3)20-9-19-13-38-44(33(47)31(19)25(35)10-20)28-8-6-7-23(24(28)18-45)26-12-27(32(46)42(5)40-26)39-29-14-37-30(15-36-29)43-17-21-11-22(43)16-41(21)4;1-2(3)4/h6-10,12-15,21-22,45H,11,16-18H2,1-5H3,(H,36,39);1H3,(H,3,4)/t21-,22-;/m0./s1. The van der Waals surface area contributed by atoms with Crippen LogP contribution in [0.1, 0.15) is 45.2 Å². The zero-order valence-corrected chi connectivity index (χ0v) is 29.3. The number of piperazine rings is 1. The van der Waals surface area contributed by atoms with Crippen LogP contribution in [0.3, 0.4) is 0 Å². The molecular weight excluding hydrogens is 657 g/mol. The van der Waals surface area contributed by atoms with Gasteiger partial charge in [0.1, 0.15) is 23.1 Å². The fourth-order valence-corrected chi connectivity index (χ4v) is 6.67. The number of benzene rings is 2. The number of hydrogen-bond donors (Lipinski definition) is 3. The summed E-state index contributed by atoms with van der Waals surface area (Å²) in [5, 5.41) is 30.1. The number of aromatic nitrogens is 6. The molecule has 7 rings (SSSR count). The Morgan fingerprint density at radius 3 is 2.37 bits per heavy atom. The first-order chi connectivity index (χ1) is 24.2. The Kier molecular flexibility index (Phi) is 9.44. The number of likely N-dealkylation sites (tertiary alicyclic amines) is 1. The highest BCUT2D eigenvalue weighted by molar-refractivity contribution is 5.83. The smallest absolute Gasteiger partial charge is 0.300 e. The number of aryl methyl sites for hydroxylation is 1. The molecule has 0 unspecified atom stereocenters. The summed E-state index contributed by atoms with van der Waals surface area (Å²) >= 11 is 0. The topological polar surface area (TPSA) is 172 Å². The van der Waals surface area contributed by atoms with E-state index in [-0.39, 0.29) is 22.2 Å². The number of carboxylic acids is 1. The fourth-order valence-electron chi connectivity index (χ4n) is 6.67. The summed E-state index contributed by atoms with van der Waals surface area (Å²) in [6.45, 7) is 8.43. The molecule has 51 heavy (non-hydrogen) atoms. The molecule has 2 fully saturated rings. The summed E-state index contributed by atoms with van der Waals surface area (Å²) in [6.07, 6.45) is 5.88. The molecule has 0 aliphatic carbocycles. The molecule has 2 atom stereocenters. The highest BCUT2D eigenvalue weighted by Gasteiger charge is 2.42. The number of anilines is 3. The average Bonchev–Trinajstić information content (AvgIpc) is 3.66. The second kappa shape index (κ2) is 13.6. The van der Waals surface area contributed by atoms with Crippen molar-refractivity contribution in [3.05, 3.63) is 92.6 Å². The quantitative estimate of drug-likeness (QED) is 0.236. The monoisotopic (exact) mass is 697 g/mol. The molecule has 0 spiro atoms. The van der Waals surface area contributed by atoms with Gasteiger partial charge in [0.25, 0.3) is 17.1 Å². The number of carbonyl (C=O) groups is 1. The van der Waals surface area contributed by atoms with Gasteiger partial charge in [-0.25, -0.2) is 19.0 Å². The van der Waals surface area contributed by atoms with E-state index in [1.807, 2.05) is 20.8 Å². The van der Waals surface area contributed by atoms with Crippen LogP contribution in [-0.2, 0) is 23.9 Å². The highest BCUT2D eigenvalue weighted by Crippen LogP contribution is 2.33. The largest absolute Gasteiger partial charge is 0.481 e. The minimum atomic E-state index is -0.833. The van der Waals surface area contributed by atoms with Crippen LogP contribution >= 0.6 is 0 Å². The molecule has 2 bridgehead atoms. The number of carboxylic acid groups (broad SMARTS) is 1. The van der Waals surface area contributed by atoms with Crippen molar-refractivity contribution >= 4 is 34.1 Å². The predicted molar refractivity (Wildman–Crippen MR) is 191 cm³/mol. The molecular formula is C36H40FN9O5. The maximum atomic E-state index is 15.4. The Bertz CT molecular complexity index is 2240. The van der Waals surface area contributed by atoms with Gasteiger partial charge in [-0.05, 0) is 48.7 Å². The van der Waals surface area contributed by atoms with E-state index in [4.69, 9.17) is 9.90 Å². The summed E-state index contributed by atoms with van der Waals surface area (Å²) in [4.78, 5) is 49.5. The lowest BCUT2D eigenvalue weighted by atomic mass is 9.86. The van der Waals surface area contributed by atoms with Crippen LogP contribution < -0.4 is 21.3 Å². The maximum Gasteiger partial charge on any atom is 0.300 e. The average molecular weight is 698 g/mol. The molecule has 2 aliphatic heterocycles. The number of fused-ring (bicyclic) bond motifs is 3. The molecule has 3 aromatic heterocycles. The Morgan fingerprint density at radius 1 is 1.02 bits per heavy atom. The summed E-state index contributed by atoms with van der Waals surface area (Å²) in [6, 6.07) is 10.7. The van der Waals surface area contributed by atoms with Gasteiger partial charge in [-0.1, -0.05) is 32.9 Å². The van der Waals surface area contributed by atoms with Crippen molar-refractivity contribution in [2.45, 2.75) is 58.2 Å². The molecule has 5 heterocycles. The first-order valence-corrected chi connectivity index (χ1v) is 16.5. The molecule has 0 radical (unpaired) electrons. The lowest BCUT2D eigenvalue weighted by Gasteiger charge is -2.32. The van der Waals surface area contributed by atoms with E-state index >= 15 is 4.39 Å². The van der Waals surface area contributed by atoms with Crippen LogP contribution in [0.25, 0.3) is 27.7 Å². The van der Waals surface area contributed by atoms with Gasteiger partial charge in [-0.3, -0.25) is 19.3 Å². The van der Waals surface area contributed by atoms with E-state index in [0.29, 0.717) is 40.1 Å². The molecule has 5 aromatic rings. The molecule has 2 aliphatic rings. The van der Waals surface area contributed by atoms with E-state index in [9.17, 15) is 14.7 Å². The number of hydrogen-bond acceptors (Lipinski definition) is 11. The van der Waals surface area contributed by atoms with Crippen molar-refractivity contribution in [2.75, 3.05) is 30.4 Å². The number of aliphatic carboxylic acids is 1. The predicted octanol–water partition coefficient (Wildman–Crippen LogP) is 3.59. The first kappa shape index (κ1) is 35.3. The van der Waals surface area contributed by atoms with Crippen LogP contribution in [0.15, 0.2) is 64.6 Å². The van der Waals surface area contributed by atoms with Crippen molar-refractivity contribution in [2.24, 2.45) is 7.05 Å². The fraction of sp³-hybridized carbons (Fsp3) is 0.361. The van der Waals surface area contributed by atoms with Crippen LogP contribution in [0, 0.1) is 5.82 Å². The second-order valence-corrected chi connectivity index (χ2v) is 13.9. The van der Waals surface area contributed by atoms with E-state index < -0.39 is 29.5 Å². The number of likely N-dealkylation sites (N-methyl/N-ethyl adjacent to an activating group) is 1. The van der Waals surface area contributed by atoms with Crippen molar-refractivity contribution in [3.8, 4) is 16.9 Å². The van der Waals surface area contributed by atoms with Crippen LogP contribution in [0.4, 0.5) is 21.7 Å². The van der Waals surface area contributed by atoms with Crippen molar-refractivity contribution < 1.29 is 19.4 Å². The number of halogens is 1. The number of aliphatic hydroxyl groups excluding tert-OH is 1. The number of aliphatic hydroxyl groups is 1. The SMILES string of the molecule is CC(=O)O.CN1C[C@@H]2C[C@H]1CN2c1cnc(Nc2cc(-c3cccc(-n4ncc5cc(C(C)(C)C)cc(F)c5c4=O)c3CO)nn(C)c2=O)cn1. The van der Waals surface area contributed by atoms with Gasteiger partial charge in [0.05, 0.1) is 42.0 Å². The van der Waals surface area contributed by atoms with Crippen LogP contribution in [0.5, 0.6) is 0 Å². The van der Waals surface area contributed by atoms with E-state index in [0.717, 1.165) is 42.5 Å². The van der Waals surface area contributed by atoms with E-state index in [1.54, 1.807) is 42.7 Å². The van der Waals surface area contributed by atoms with Crippen LogP contribution in [-0.4, -0.2) is 82.8 Å². The zero-order valence-electron chi connectivity index (χ0n) is 29.3. The van der Waals surface area contributed by atoms with Crippen LogP contribution in [0.2, 0.25) is 0 Å². The van der Waals surface area contributed by atoms with Gasteiger partial charge in [0, 0.05) is 55.7 Å². The van der Waals surface area contributed by atoms with Crippen molar-refractivity contribution in [1.82, 2.24) is 34.4 Å². The lowest BCUT2D eigenvalue weighted by Crippen LogP contribution is -2.44. The number of nitrogens with zero attached hydrogens (tertiary/aromatic N) is 8. The molecule has 0 amide bonds. The summed E-state index contributed by atoms with van der Waals surface area (Å²) in [5.41, 5.74) is 1.02. The lowest BCUT2D eigenvalue weighted by molar-refractivity contribution is -0.134. The van der Waals surface area contributed by atoms with E-state index in [2.05, 4.69) is 42.3 Å². The molecule has 15 heteroatoms. The van der Waals surface area contributed by atoms with Gasteiger partial charge in [-0.15, -0.1) is 0 Å². The third kappa shape index (κ3) is 6.94. The zero-order chi connectivity index (χ0) is 36.8. The Balaban J connectivity index is 0.00000107. The molecule has 2 saturated heterocycles. The second-order valence-electron chi connectivity index (χ2n) is 13.9. The number of nitrogens with one attached hydrogen (secondary N) is 1. The summed E-state index contributed by atoms with van der Waals surface area (Å²) < 4.78 is 17.6. The highest BCUT2D eigenvalue weighted by atomic mass is 19.1. The third-order valence-corrected chi connectivity index (χ3v) is 9.29. The Labute approximate surface area is 292 Å². The van der Waals surface area contributed by atoms with E-state index in [1.165, 1.54) is 24.0 Å². The minimum Gasteiger partial charge on any atom is -0.481 e. The summed E-state index contributed by atoms with van der Waals surface area (Å²) in [5.74, 6) is -0.276. The number of rotatable bonds is 6. The van der Waals surface area contributed by atoms with Gasteiger partial charge in [0.2, 0.25) is 0 Å². The molecule has 0 saturated carbocycles. The van der Waals surface area contributed by atoms with Crippen molar-refractivity contribution in [1.29, 1.82) is 0 Å². The molecule has 3 N–H and O–H groups in total. The minimum absolute atomic E-state index is 0.0919. The van der Waals surface area contributed by atoms with Gasteiger partial charge in [-0.2, -0.15) is 14.9 Å². The molecule has 266 valence electrons. The third-order valence-electron chi connectivity index (χ3n) is 9.29. The Morgan fingerprint density at radius 2 is 1.76 bits per heavy atom. The normalized spacial score (nSPS) is 17.1. The van der Waals surface area contributed by atoms with Gasteiger partial charge >= 0.3 is 0 Å². The maximum absolute atomic E-state index is 15.4. The summed E-state index contributed by atoms with van der Waals surface area (Å²) in [7, 11) is 3.67.